The second-order valence-electron chi connectivity index (χ2n) is 6.47. The van der Waals surface area contributed by atoms with Gasteiger partial charge in [0.1, 0.15) is 6.04 Å². The topological polar surface area (TPSA) is 69.6 Å². The summed E-state index contributed by atoms with van der Waals surface area (Å²) in [6.45, 7) is 4.62. The van der Waals surface area contributed by atoms with Crippen LogP contribution in [-0.2, 0) is 9.59 Å². The van der Waals surface area contributed by atoms with Gasteiger partial charge < -0.3 is 10.4 Å². The number of hydrogen-bond acceptors (Lipinski definition) is 3. The van der Waals surface area contributed by atoms with Crippen LogP contribution in [0, 0.1) is 5.92 Å². The molecular formula is C16H28N2O3. The first-order valence-corrected chi connectivity index (χ1v) is 8.34. The predicted octanol–water partition coefficient (Wildman–Crippen LogP) is 2.01. The molecule has 1 saturated heterocycles. The first-order valence-electron chi connectivity index (χ1n) is 8.34. The van der Waals surface area contributed by atoms with Crippen molar-refractivity contribution in [2.24, 2.45) is 5.92 Å². The Labute approximate surface area is 127 Å². The molecular weight excluding hydrogens is 268 g/mol. The van der Waals surface area contributed by atoms with Crippen molar-refractivity contribution in [2.75, 3.05) is 6.54 Å². The van der Waals surface area contributed by atoms with E-state index in [4.69, 9.17) is 0 Å². The van der Waals surface area contributed by atoms with E-state index in [9.17, 15) is 14.7 Å². The highest BCUT2D eigenvalue weighted by atomic mass is 16.4. The Morgan fingerprint density at radius 2 is 2.05 bits per heavy atom. The zero-order chi connectivity index (χ0) is 15.4. The van der Waals surface area contributed by atoms with Crippen molar-refractivity contribution in [3.8, 4) is 0 Å². The first kappa shape index (κ1) is 16.3. The highest BCUT2D eigenvalue weighted by Crippen LogP contribution is 2.40. The Morgan fingerprint density at radius 3 is 2.71 bits per heavy atom. The number of carboxylic acids is 1. The van der Waals surface area contributed by atoms with Crippen LogP contribution >= 0.6 is 0 Å². The zero-order valence-electron chi connectivity index (χ0n) is 13.2. The molecule has 1 heterocycles. The highest BCUT2D eigenvalue weighted by molar-refractivity contribution is 5.83. The summed E-state index contributed by atoms with van der Waals surface area (Å²) in [5.74, 6) is -0.357. The molecule has 1 amide bonds. The molecule has 0 spiro atoms. The molecule has 21 heavy (non-hydrogen) atoms. The molecule has 1 aliphatic carbocycles. The molecule has 120 valence electrons. The van der Waals surface area contributed by atoms with Gasteiger partial charge in [0, 0.05) is 12.6 Å². The van der Waals surface area contributed by atoms with Gasteiger partial charge in [-0.2, -0.15) is 0 Å². The van der Waals surface area contributed by atoms with Gasteiger partial charge in [-0.25, -0.2) is 0 Å². The molecule has 4 atom stereocenters. The number of likely N-dealkylation sites (tertiary alicyclic amines) is 1. The summed E-state index contributed by atoms with van der Waals surface area (Å²) in [4.78, 5) is 25.9. The van der Waals surface area contributed by atoms with Crippen molar-refractivity contribution in [2.45, 2.75) is 76.9 Å². The van der Waals surface area contributed by atoms with Crippen LogP contribution in [-0.4, -0.2) is 46.6 Å². The van der Waals surface area contributed by atoms with Crippen LogP contribution in [0.4, 0.5) is 0 Å². The minimum absolute atomic E-state index is 0.0269. The fraction of sp³-hybridized carbons (Fsp3) is 0.875. The van der Waals surface area contributed by atoms with E-state index in [1.54, 1.807) is 0 Å². The summed E-state index contributed by atoms with van der Waals surface area (Å²) in [5, 5.41) is 12.4. The molecule has 2 fully saturated rings. The maximum Gasteiger partial charge on any atom is 0.320 e. The van der Waals surface area contributed by atoms with Crippen molar-refractivity contribution in [3.63, 3.8) is 0 Å². The fourth-order valence-electron chi connectivity index (χ4n) is 3.95. The quantitative estimate of drug-likeness (QED) is 0.736. The molecule has 2 aliphatic rings. The van der Waals surface area contributed by atoms with Gasteiger partial charge in [-0.3, -0.25) is 14.5 Å². The summed E-state index contributed by atoms with van der Waals surface area (Å²) in [7, 11) is 0. The maximum atomic E-state index is 12.3. The lowest BCUT2D eigenvalue weighted by molar-refractivity contribution is -0.144. The van der Waals surface area contributed by atoms with Gasteiger partial charge in [0.05, 0.1) is 6.04 Å². The summed E-state index contributed by atoms with van der Waals surface area (Å²) >= 11 is 0. The Hall–Kier alpha value is -1.10. The maximum absolute atomic E-state index is 12.3. The van der Waals surface area contributed by atoms with Crippen molar-refractivity contribution < 1.29 is 14.7 Å². The van der Waals surface area contributed by atoms with E-state index < -0.39 is 12.0 Å². The van der Waals surface area contributed by atoms with Crippen molar-refractivity contribution in [3.05, 3.63) is 0 Å². The van der Waals surface area contributed by atoms with Gasteiger partial charge in [-0.05, 0) is 38.5 Å². The van der Waals surface area contributed by atoms with Crippen molar-refractivity contribution >= 4 is 11.9 Å². The summed E-state index contributed by atoms with van der Waals surface area (Å²) in [6.07, 6.45) is 7.18. The van der Waals surface area contributed by atoms with E-state index >= 15 is 0 Å². The van der Waals surface area contributed by atoms with Crippen LogP contribution in [0.15, 0.2) is 0 Å². The molecule has 0 aromatic rings. The number of nitrogens with zero attached hydrogens (tertiary/aromatic N) is 1. The molecule has 2 N–H and O–H groups in total. The SMILES string of the molecule is CCCCNC(=O)C(C)N1C(C(=O)O)CC2CCCCC21. The van der Waals surface area contributed by atoms with Gasteiger partial charge in [-0.1, -0.05) is 26.2 Å². The lowest BCUT2D eigenvalue weighted by Gasteiger charge is -2.36. The molecule has 0 aromatic heterocycles. The number of amides is 1. The van der Waals surface area contributed by atoms with Gasteiger partial charge >= 0.3 is 5.97 Å². The minimum Gasteiger partial charge on any atom is -0.480 e. The van der Waals surface area contributed by atoms with E-state index in [0.717, 1.165) is 32.1 Å². The summed E-state index contributed by atoms with van der Waals surface area (Å²) < 4.78 is 0. The van der Waals surface area contributed by atoms with Crippen molar-refractivity contribution in [1.82, 2.24) is 10.2 Å². The Morgan fingerprint density at radius 1 is 1.33 bits per heavy atom. The van der Waals surface area contributed by atoms with Crippen LogP contribution < -0.4 is 5.32 Å². The smallest absolute Gasteiger partial charge is 0.320 e. The van der Waals surface area contributed by atoms with E-state index in [2.05, 4.69) is 12.2 Å². The van der Waals surface area contributed by atoms with Crippen LogP contribution in [0.1, 0.15) is 58.8 Å². The number of nitrogens with one attached hydrogen (secondary N) is 1. The van der Waals surface area contributed by atoms with Gasteiger partial charge in [0.2, 0.25) is 5.91 Å². The normalized spacial score (nSPS) is 30.7. The molecule has 0 radical (unpaired) electrons. The first-order chi connectivity index (χ1) is 10.1. The third kappa shape index (κ3) is 3.57. The largest absolute Gasteiger partial charge is 0.480 e. The van der Waals surface area contributed by atoms with E-state index in [1.165, 1.54) is 6.42 Å². The Kier molecular flexibility index (Phi) is 5.62. The standard InChI is InChI=1S/C16H28N2O3/c1-3-4-9-17-15(19)11(2)18-13-8-6-5-7-12(13)10-14(18)16(20)21/h11-14H,3-10H2,1-2H3,(H,17,19)(H,20,21). The molecule has 1 aliphatic heterocycles. The molecule has 4 unspecified atom stereocenters. The average Bonchev–Trinajstić information content (AvgIpc) is 2.86. The number of hydrogen-bond donors (Lipinski definition) is 2. The highest BCUT2D eigenvalue weighted by Gasteiger charge is 2.48. The number of carboxylic acid groups (broad SMARTS) is 1. The number of unbranched alkanes of at least 4 members (excludes halogenated alkanes) is 1. The molecule has 1 saturated carbocycles. The third-order valence-corrected chi connectivity index (χ3v) is 5.08. The summed E-state index contributed by atoms with van der Waals surface area (Å²) in [6, 6.07) is -0.576. The Bertz CT molecular complexity index is 386. The van der Waals surface area contributed by atoms with Crippen LogP contribution in [0.5, 0.6) is 0 Å². The molecule has 0 aromatic carbocycles. The van der Waals surface area contributed by atoms with Gasteiger partial charge in [0.15, 0.2) is 0 Å². The second kappa shape index (κ2) is 7.25. The van der Waals surface area contributed by atoms with Crippen LogP contribution in [0.3, 0.4) is 0 Å². The van der Waals surface area contributed by atoms with E-state index in [0.29, 0.717) is 18.9 Å². The third-order valence-electron chi connectivity index (χ3n) is 5.08. The molecule has 2 rings (SSSR count). The number of rotatable bonds is 6. The van der Waals surface area contributed by atoms with Gasteiger partial charge in [0.25, 0.3) is 0 Å². The summed E-state index contributed by atoms with van der Waals surface area (Å²) in [5.41, 5.74) is 0. The van der Waals surface area contributed by atoms with Gasteiger partial charge in [-0.15, -0.1) is 0 Å². The monoisotopic (exact) mass is 296 g/mol. The number of fused-ring (bicyclic) bond motifs is 1. The lowest BCUT2D eigenvalue weighted by Crippen LogP contribution is -2.53. The number of aliphatic carboxylic acids is 1. The van der Waals surface area contributed by atoms with Crippen molar-refractivity contribution in [1.29, 1.82) is 0 Å². The minimum atomic E-state index is -0.780. The number of carbonyl (C=O) groups excluding carboxylic acids is 1. The Balaban J connectivity index is 2.05. The van der Waals surface area contributed by atoms with Crippen LogP contribution in [0.25, 0.3) is 0 Å². The van der Waals surface area contributed by atoms with E-state index in [1.807, 2.05) is 11.8 Å². The fourth-order valence-corrected chi connectivity index (χ4v) is 3.95. The molecule has 5 heteroatoms. The molecule has 5 nitrogen and oxygen atoms in total. The van der Waals surface area contributed by atoms with E-state index in [-0.39, 0.29) is 18.0 Å². The predicted molar refractivity (Wildman–Crippen MR) is 81.0 cm³/mol. The lowest BCUT2D eigenvalue weighted by atomic mass is 9.84. The molecule has 0 bridgehead atoms. The van der Waals surface area contributed by atoms with Crippen LogP contribution in [0.2, 0.25) is 0 Å². The number of carbonyl (C=O) groups is 2. The zero-order valence-corrected chi connectivity index (χ0v) is 13.2. The second-order valence-corrected chi connectivity index (χ2v) is 6.47. The average molecular weight is 296 g/mol.